The van der Waals surface area contributed by atoms with Gasteiger partial charge in [-0.2, -0.15) is 4.39 Å². The molecule has 0 aliphatic rings. The second-order valence-corrected chi connectivity index (χ2v) is 5.34. The van der Waals surface area contributed by atoms with Crippen molar-refractivity contribution < 1.29 is 17.2 Å². The third-order valence-corrected chi connectivity index (χ3v) is 3.64. The van der Waals surface area contributed by atoms with Gasteiger partial charge in [0.15, 0.2) is 0 Å². The van der Waals surface area contributed by atoms with E-state index < -0.39 is 21.8 Å². The average molecular weight is 285 g/mol. The molecule has 0 saturated carbocycles. The third-order valence-electron chi connectivity index (χ3n) is 2.26. The SMILES string of the molecule is Nc1ccc(S(=O)(=O)Nc2ccc(F)nc2)cc1F. The Kier molecular flexibility index (Phi) is 3.34. The van der Waals surface area contributed by atoms with Gasteiger partial charge in [-0.15, -0.1) is 0 Å². The number of hydrogen-bond acceptors (Lipinski definition) is 4. The van der Waals surface area contributed by atoms with Crippen LogP contribution < -0.4 is 10.5 Å². The monoisotopic (exact) mass is 285 g/mol. The highest BCUT2D eigenvalue weighted by atomic mass is 32.2. The van der Waals surface area contributed by atoms with Crippen molar-refractivity contribution in [1.29, 1.82) is 0 Å². The third kappa shape index (κ3) is 2.97. The molecule has 8 heteroatoms. The first kappa shape index (κ1) is 13.2. The van der Waals surface area contributed by atoms with E-state index in [-0.39, 0.29) is 16.3 Å². The first-order valence-corrected chi connectivity index (χ1v) is 6.56. The number of nitrogens with one attached hydrogen (secondary N) is 1. The smallest absolute Gasteiger partial charge is 0.262 e. The molecule has 0 spiro atoms. The van der Waals surface area contributed by atoms with Crippen LogP contribution in [0.3, 0.4) is 0 Å². The predicted molar refractivity (Wildman–Crippen MR) is 65.8 cm³/mol. The van der Waals surface area contributed by atoms with Gasteiger partial charge in [0.2, 0.25) is 5.95 Å². The summed E-state index contributed by atoms with van der Waals surface area (Å²) < 4.78 is 51.8. The Morgan fingerprint density at radius 3 is 2.47 bits per heavy atom. The maximum absolute atomic E-state index is 13.2. The van der Waals surface area contributed by atoms with Gasteiger partial charge in [0, 0.05) is 0 Å². The van der Waals surface area contributed by atoms with Crippen LogP contribution >= 0.6 is 0 Å². The summed E-state index contributed by atoms with van der Waals surface area (Å²) in [5.74, 6) is -1.57. The van der Waals surface area contributed by atoms with E-state index in [9.17, 15) is 17.2 Å². The minimum atomic E-state index is -3.97. The molecule has 0 aliphatic heterocycles. The van der Waals surface area contributed by atoms with E-state index in [1.54, 1.807) is 0 Å². The van der Waals surface area contributed by atoms with E-state index in [4.69, 9.17) is 5.73 Å². The highest BCUT2D eigenvalue weighted by Crippen LogP contribution is 2.19. The zero-order valence-electron chi connectivity index (χ0n) is 9.47. The molecule has 0 unspecified atom stereocenters. The topological polar surface area (TPSA) is 85.1 Å². The number of benzene rings is 1. The van der Waals surface area contributed by atoms with Crippen LogP contribution in [0.1, 0.15) is 0 Å². The number of aromatic nitrogens is 1. The summed E-state index contributed by atoms with van der Waals surface area (Å²) in [6, 6.07) is 5.31. The van der Waals surface area contributed by atoms with Gasteiger partial charge >= 0.3 is 0 Å². The first-order valence-electron chi connectivity index (χ1n) is 5.08. The Morgan fingerprint density at radius 1 is 1.16 bits per heavy atom. The minimum Gasteiger partial charge on any atom is -0.396 e. The second-order valence-electron chi connectivity index (χ2n) is 3.66. The van der Waals surface area contributed by atoms with Crippen molar-refractivity contribution in [3.63, 3.8) is 0 Å². The fourth-order valence-corrected chi connectivity index (χ4v) is 2.38. The minimum absolute atomic E-state index is 0.0682. The summed E-state index contributed by atoms with van der Waals surface area (Å²) in [6.07, 6.45) is 1.01. The molecule has 0 amide bonds. The summed E-state index contributed by atoms with van der Waals surface area (Å²) >= 11 is 0. The normalized spacial score (nSPS) is 11.3. The van der Waals surface area contributed by atoms with Gasteiger partial charge in [-0.1, -0.05) is 0 Å². The molecule has 2 aromatic rings. The molecule has 0 aliphatic carbocycles. The number of anilines is 2. The van der Waals surface area contributed by atoms with Crippen LogP contribution in [0.5, 0.6) is 0 Å². The lowest BCUT2D eigenvalue weighted by atomic mass is 10.3. The molecule has 100 valence electrons. The zero-order valence-corrected chi connectivity index (χ0v) is 10.3. The molecule has 1 aromatic heterocycles. The van der Waals surface area contributed by atoms with Crippen molar-refractivity contribution in [2.24, 2.45) is 0 Å². The van der Waals surface area contributed by atoms with Crippen LogP contribution in [0.2, 0.25) is 0 Å². The van der Waals surface area contributed by atoms with E-state index in [1.807, 2.05) is 0 Å². The molecular formula is C11H9F2N3O2S. The van der Waals surface area contributed by atoms with E-state index in [0.29, 0.717) is 0 Å². The predicted octanol–water partition coefficient (Wildman–Crippen LogP) is 1.74. The summed E-state index contributed by atoms with van der Waals surface area (Å²) in [5, 5.41) is 0. The Balaban J connectivity index is 2.32. The molecule has 5 nitrogen and oxygen atoms in total. The number of pyridine rings is 1. The maximum Gasteiger partial charge on any atom is 0.262 e. The summed E-state index contributed by atoms with van der Waals surface area (Å²) in [7, 11) is -3.97. The first-order chi connectivity index (χ1) is 8.88. The van der Waals surface area contributed by atoms with Gasteiger partial charge in [0.05, 0.1) is 22.5 Å². The Hall–Kier alpha value is -2.22. The van der Waals surface area contributed by atoms with Gasteiger partial charge in [-0.05, 0) is 30.3 Å². The number of halogens is 2. The van der Waals surface area contributed by atoms with Crippen LogP contribution in [-0.4, -0.2) is 13.4 Å². The quantitative estimate of drug-likeness (QED) is 0.664. The fourth-order valence-electron chi connectivity index (χ4n) is 1.33. The molecule has 0 bridgehead atoms. The van der Waals surface area contributed by atoms with Crippen molar-refractivity contribution in [2.75, 3.05) is 10.5 Å². The molecule has 1 heterocycles. The van der Waals surface area contributed by atoms with Crippen molar-refractivity contribution in [3.05, 3.63) is 48.3 Å². The van der Waals surface area contributed by atoms with E-state index in [1.165, 1.54) is 6.07 Å². The van der Waals surface area contributed by atoms with Crippen molar-refractivity contribution in [2.45, 2.75) is 4.90 Å². The largest absolute Gasteiger partial charge is 0.396 e. The average Bonchev–Trinajstić information content (AvgIpc) is 2.35. The van der Waals surface area contributed by atoms with Gasteiger partial charge in [0.25, 0.3) is 10.0 Å². The molecule has 2 rings (SSSR count). The number of rotatable bonds is 3. The second kappa shape index (κ2) is 4.81. The molecule has 0 radical (unpaired) electrons. The van der Waals surface area contributed by atoms with Crippen LogP contribution in [0.25, 0.3) is 0 Å². The lowest BCUT2D eigenvalue weighted by molar-refractivity contribution is 0.583. The van der Waals surface area contributed by atoms with E-state index >= 15 is 0 Å². The number of nitrogens with two attached hydrogens (primary N) is 1. The van der Waals surface area contributed by atoms with Crippen LogP contribution in [0.15, 0.2) is 41.4 Å². The Bertz CT molecular complexity index is 702. The zero-order chi connectivity index (χ0) is 14.0. The molecule has 3 N–H and O–H groups in total. The van der Waals surface area contributed by atoms with Gasteiger partial charge < -0.3 is 5.73 Å². The van der Waals surface area contributed by atoms with Crippen LogP contribution in [0.4, 0.5) is 20.2 Å². The molecule has 0 atom stereocenters. The summed E-state index contributed by atoms with van der Waals surface area (Å²) in [5.41, 5.74) is 5.18. The van der Waals surface area contributed by atoms with Gasteiger partial charge in [0.1, 0.15) is 5.82 Å². The summed E-state index contributed by atoms with van der Waals surface area (Å²) in [4.78, 5) is 3.01. The van der Waals surface area contributed by atoms with E-state index in [2.05, 4.69) is 9.71 Å². The Labute approximate surface area is 108 Å². The highest BCUT2D eigenvalue weighted by Gasteiger charge is 2.16. The van der Waals surface area contributed by atoms with Gasteiger partial charge in [-0.3, -0.25) is 4.72 Å². The molecule has 19 heavy (non-hydrogen) atoms. The number of nitrogen functional groups attached to an aromatic ring is 1. The lowest BCUT2D eigenvalue weighted by Gasteiger charge is -2.08. The number of sulfonamides is 1. The number of nitrogens with zero attached hydrogens (tertiary/aromatic N) is 1. The standard InChI is InChI=1S/C11H9F2N3O2S/c12-9-5-8(2-3-10(9)14)19(17,18)16-7-1-4-11(13)15-6-7/h1-6,16H,14H2. The molecular weight excluding hydrogens is 276 g/mol. The number of hydrogen-bond donors (Lipinski definition) is 2. The van der Waals surface area contributed by atoms with Crippen LogP contribution in [0, 0.1) is 11.8 Å². The lowest BCUT2D eigenvalue weighted by Crippen LogP contribution is -2.13. The van der Waals surface area contributed by atoms with Crippen molar-refractivity contribution in [3.8, 4) is 0 Å². The summed E-state index contributed by atoms with van der Waals surface area (Å²) in [6.45, 7) is 0. The molecule has 0 saturated heterocycles. The fraction of sp³-hybridized carbons (Fsp3) is 0. The highest BCUT2D eigenvalue weighted by molar-refractivity contribution is 7.92. The van der Waals surface area contributed by atoms with E-state index in [0.717, 1.165) is 30.5 Å². The van der Waals surface area contributed by atoms with Crippen LogP contribution in [-0.2, 0) is 10.0 Å². The molecule has 1 aromatic carbocycles. The Morgan fingerprint density at radius 2 is 1.89 bits per heavy atom. The van der Waals surface area contributed by atoms with Crippen molar-refractivity contribution >= 4 is 21.4 Å². The van der Waals surface area contributed by atoms with Crippen molar-refractivity contribution in [1.82, 2.24) is 4.98 Å². The van der Waals surface area contributed by atoms with Gasteiger partial charge in [-0.25, -0.2) is 17.8 Å². The maximum atomic E-state index is 13.2. The molecule has 0 fully saturated rings.